The minimum absolute atomic E-state index is 0.196. The van der Waals surface area contributed by atoms with E-state index in [9.17, 15) is 19.4 Å². The molecule has 0 spiro atoms. The van der Waals surface area contributed by atoms with E-state index < -0.39 is 36.5 Å². The summed E-state index contributed by atoms with van der Waals surface area (Å²) in [5.41, 5.74) is 10.6. The average molecular weight is 315 g/mol. The Morgan fingerprint density at radius 3 is 3.00 bits per heavy atom. The fourth-order valence-corrected chi connectivity index (χ4v) is 2.08. The second kappa shape index (κ2) is 6.25. The molecule has 11 nitrogen and oxygen atoms in total. The summed E-state index contributed by atoms with van der Waals surface area (Å²) in [6, 6.07) is 1.37. The van der Waals surface area contributed by atoms with Gasteiger partial charge in [0.05, 0.1) is 6.61 Å². The number of aromatic nitrogens is 2. The van der Waals surface area contributed by atoms with Crippen molar-refractivity contribution >= 4 is 5.82 Å². The third-order valence-electron chi connectivity index (χ3n) is 3.16. The molecule has 0 unspecified atom stereocenters. The van der Waals surface area contributed by atoms with E-state index in [1.807, 2.05) is 0 Å². The van der Waals surface area contributed by atoms with Gasteiger partial charge in [-0.2, -0.15) is 4.98 Å². The lowest BCUT2D eigenvalue weighted by atomic mass is 10.1. The molecule has 4 atom stereocenters. The highest BCUT2D eigenvalue weighted by atomic mass is 19.1. The van der Waals surface area contributed by atoms with Crippen LogP contribution in [0.5, 0.6) is 0 Å². The molecule has 1 aliphatic heterocycles. The molecule has 0 amide bonds. The Morgan fingerprint density at radius 1 is 1.73 bits per heavy atom. The van der Waals surface area contributed by atoms with Crippen LogP contribution in [0.3, 0.4) is 0 Å². The summed E-state index contributed by atoms with van der Waals surface area (Å²) in [7, 11) is 1.57. The highest BCUT2D eigenvalue weighted by Crippen LogP contribution is 2.39. The van der Waals surface area contributed by atoms with E-state index in [0.717, 1.165) is 4.57 Å². The van der Waals surface area contributed by atoms with Crippen LogP contribution in [-0.4, -0.2) is 51.4 Å². The van der Waals surface area contributed by atoms with Crippen LogP contribution in [-0.2, 0) is 4.74 Å². The molecule has 0 bridgehead atoms. The maximum atomic E-state index is 14.2. The van der Waals surface area contributed by atoms with Crippen molar-refractivity contribution < 1.29 is 19.3 Å². The predicted molar refractivity (Wildman–Crippen MR) is 71.2 cm³/mol. The van der Waals surface area contributed by atoms with Gasteiger partial charge in [-0.05, 0) is 11.6 Å². The second-order valence-corrected chi connectivity index (χ2v) is 4.47. The molecule has 12 heteroatoms. The molecule has 1 aliphatic rings. The number of hydrazine groups is 1. The van der Waals surface area contributed by atoms with Crippen LogP contribution in [0.15, 0.2) is 22.2 Å². The van der Waals surface area contributed by atoms with E-state index >= 15 is 0 Å². The van der Waals surface area contributed by atoms with E-state index in [1.165, 1.54) is 12.3 Å². The molecule has 120 valence electrons. The van der Waals surface area contributed by atoms with E-state index in [2.05, 4.69) is 25.9 Å². The molecule has 1 saturated heterocycles. The van der Waals surface area contributed by atoms with Gasteiger partial charge in [0.1, 0.15) is 11.9 Å². The number of hydrogen-bond donors (Lipinski definition) is 4. The Labute approximate surface area is 122 Å². The largest absolute Gasteiger partial charge is 0.393 e. The molecule has 1 aromatic heterocycles. The molecule has 4 N–H and O–H groups in total. The second-order valence-electron chi connectivity index (χ2n) is 4.47. The maximum Gasteiger partial charge on any atom is 0.351 e. The first-order valence-corrected chi connectivity index (χ1v) is 6.18. The quantitative estimate of drug-likeness (QED) is 0.235. The fourth-order valence-electron chi connectivity index (χ4n) is 2.08. The molecule has 22 heavy (non-hydrogen) atoms. The molecule has 0 saturated carbocycles. The Hall–Kier alpha value is -2.24. The van der Waals surface area contributed by atoms with Gasteiger partial charge in [-0.15, -0.1) is 0 Å². The summed E-state index contributed by atoms with van der Waals surface area (Å²) in [6.45, 7) is -0.948. The summed E-state index contributed by atoms with van der Waals surface area (Å²) >= 11 is 0. The van der Waals surface area contributed by atoms with Crippen LogP contribution in [0.25, 0.3) is 10.4 Å². The van der Waals surface area contributed by atoms with E-state index in [-0.39, 0.29) is 5.82 Å². The first-order valence-electron chi connectivity index (χ1n) is 6.18. The van der Waals surface area contributed by atoms with E-state index in [1.54, 1.807) is 7.05 Å². The Morgan fingerprint density at radius 2 is 2.45 bits per heavy atom. The smallest absolute Gasteiger partial charge is 0.351 e. The molecule has 0 aliphatic carbocycles. The molecular weight excluding hydrogens is 301 g/mol. The van der Waals surface area contributed by atoms with Crippen molar-refractivity contribution in [2.24, 2.45) is 5.11 Å². The van der Waals surface area contributed by atoms with Crippen LogP contribution in [0, 0.1) is 0 Å². The van der Waals surface area contributed by atoms with Gasteiger partial charge in [-0.25, -0.2) is 14.6 Å². The number of rotatable bonds is 5. The van der Waals surface area contributed by atoms with Crippen molar-refractivity contribution in [3.8, 4) is 0 Å². The number of halogens is 1. The summed E-state index contributed by atoms with van der Waals surface area (Å²) < 4.78 is 20.1. The van der Waals surface area contributed by atoms with Gasteiger partial charge in [0, 0.05) is 18.2 Å². The van der Waals surface area contributed by atoms with Gasteiger partial charge in [0.25, 0.3) is 0 Å². The minimum atomic E-state index is -2.19. The van der Waals surface area contributed by atoms with Crippen LogP contribution >= 0.6 is 0 Å². The topological polar surface area (TPSA) is 157 Å². The molecule has 0 radical (unpaired) electrons. The van der Waals surface area contributed by atoms with Crippen LogP contribution in [0.1, 0.15) is 6.23 Å². The molecule has 0 aromatic carbocycles. The van der Waals surface area contributed by atoms with Crippen molar-refractivity contribution in [1.82, 2.24) is 15.0 Å². The van der Waals surface area contributed by atoms with Crippen LogP contribution in [0.2, 0.25) is 0 Å². The Balaban J connectivity index is 2.38. The number of azide groups is 1. The molecule has 1 aromatic rings. The predicted octanol–water partition coefficient (Wildman–Crippen LogP) is -0.984. The van der Waals surface area contributed by atoms with Gasteiger partial charge in [-0.3, -0.25) is 4.57 Å². The number of aliphatic hydroxyl groups excluding tert-OH is 2. The fraction of sp³-hybridized carbons (Fsp3) is 0.600. The number of alkyl halides is 1. The van der Waals surface area contributed by atoms with Gasteiger partial charge in [0.15, 0.2) is 12.4 Å². The van der Waals surface area contributed by atoms with Gasteiger partial charge in [0.2, 0.25) is 5.72 Å². The zero-order valence-electron chi connectivity index (χ0n) is 11.4. The highest BCUT2D eigenvalue weighted by Gasteiger charge is 2.56. The highest BCUT2D eigenvalue weighted by molar-refractivity contribution is 5.30. The summed E-state index contributed by atoms with van der Waals surface area (Å²) in [6.07, 6.45) is -4.42. The number of anilines is 1. The SMILES string of the molecule is CNNc1ccn([C@@H]2O[C@@](CO)(N=[N+]=[N-])[C@@H](O)[C@@H]2F)c(=O)n1. The van der Waals surface area contributed by atoms with Gasteiger partial charge < -0.3 is 20.4 Å². The minimum Gasteiger partial charge on any atom is -0.393 e. The zero-order valence-corrected chi connectivity index (χ0v) is 11.4. The number of hydrogen-bond acceptors (Lipinski definition) is 8. The normalized spacial score (nSPS) is 30.8. The lowest BCUT2D eigenvalue weighted by molar-refractivity contribution is -0.124. The standard InChI is InChI=1S/C10H14FN7O4/c1-13-15-5-2-3-18(9(21)14-5)8-6(11)7(20)10(4-19,22-8)16-17-12/h2-3,6-8,13,19-20H,4H2,1H3,(H,14,15,21)/t6-,7-,8+,10+/m0/s1. The van der Waals surface area contributed by atoms with Gasteiger partial charge in [-0.1, -0.05) is 5.11 Å². The molecular formula is C10H14FN7O4. The third kappa shape index (κ3) is 2.61. The van der Waals surface area contributed by atoms with Crippen molar-refractivity contribution in [2.75, 3.05) is 19.1 Å². The average Bonchev–Trinajstić information content (AvgIpc) is 2.74. The molecule has 2 rings (SSSR count). The van der Waals surface area contributed by atoms with Gasteiger partial charge >= 0.3 is 5.69 Å². The van der Waals surface area contributed by atoms with Crippen molar-refractivity contribution in [3.05, 3.63) is 33.2 Å². The third-order valence-corrected chi connectivity index (χ3v) is 3.16. The number of nitrogens with zero attached hydrogens (tertiary/aromatic N) is 5. The van der Waals surface area contributed by atoms with E-state index in [4.69, 9.17) is 10.3 Å². The zero-order chi connectivity index (χ0) is 16.3. The first kappa shape index (κ1) is 16.1. The summed E-state index contributed by atoms with van der Waals surface area (Å²) in [5, 5.41) is 22.2. The number of aliphatic hydroxyl groups is 2. The van der Waals surface area contributed by atoms with Crippen molar-refractivity contribution in [3.63, 3.8) is 0 Å². The first-order chi connectivity index (χ1) is 10.5. The van der Waals surface area contributed by atoms with Crippen LogP contribution in [0.4, 0.5) is 10.2 Å². The Kier molecular flexibility index (Phi) is 4.59. The monoisotopic (exact) mass is 315 g/mol. The van der Waals surface area contributed by atoms with Crippen molar-refractivity contribution in [2.45, 2.75) is 24.2 Å². The van der Waals surface area contributed by atoms with Crippen molar-refractivity contribution in [1.29, 1.82) is 0 Å². The van der Waals surface area contributed by atoms with E-state index in [0.29, 0.717) is 0 Å². The lowest BCUT2D eigenvalue weighted by Gasteiger charge is -2.23. The number of ether oxygens (including phenoxy) is 1. The maximum absolute atomic E-state index is 14.2. The Bertz CT molecular complexity index is 648. The summed E-state index contributed by atoms with van der Waals surface area (Å²) in [5.74, 6) is 0.196. The molecule has 1 fully saturated rings. The number of nitrogens with one attached hydrogen (secondary N) is 2. The lowest BCUT2D eigenvalue weighted by Crippen LogP contribution is -2.43. The molecule has 2 heterocycles. The van der Waals surface area contributed by atoms with Crippen LogP contribution < -0.4 is 16.5 Å². The summed E-state index contributed by atoms with van der Waals surface area (Å²) in [4.78, 5) is 18.0.